The van der Waals surface area contributed by atoms with Crippen molar-refractivity contribution in [2.24, 2.45) is 0 Å². The Morgan fingerprint density at radius 3 is 2.47 bits per heavy atom. The first-order valence-corrected chi connectivity index (χ1v) is 5.18. The Hall–Kier alpha value is -1.79. The summed E-state index contributed by atoms with van der Waals surface area (Å²) in [5.74, 6) is -0.0536. The highest BCUT2D eigenvalue weighted by Gasteiger charge is 2.15. The highest BCUT2D eigenvalue weighted by atomic mass is 35.5. The minimum atomic E-state index is -0.0626. The van der Waals surface area contributed by atoms with E-state index >= 15 is 0 Å². The number of hydrogen-bond donors (Lipinski definition) is 3. The highest BCUT2D eigenvalue weighted by molar-refractivity contribution is 6.43. The Balaban J connectivity index is 2.68. The SMILES string of the molecule is Nc1nnc(-c2cc(O)cc(Cl)c2Cl)c(N)n1. The van der Waals surface area contributed by atoms with Gasteiger partial charge in [-0.25, -0.2) is 0 Å². The molecule has 8 heteroatoms. The smallest absolute Gasteiger partial charge is 0.242 e. The molecule has 0 unspecified atom stereocenters. The lowest BCUT2D eigenvalue weighted by molar-refractivity contribution is 0.475. The fraction of sp³-hybridized carbons (Fsp3) is 0. The molecular weight excluding hydrogens is 265 g/mol. The number of aromatic hydroxyl groups is 1. The van der Waals surface area contributed by atoms with Crippen LogP contribution >= 0.6 is 23.2 Å². The van der Waals surface area contributed by atoms with E-state index in [0.29, 0.717) is 5.56 Å². The van der Waals surface area contributed by atoms with Crippen LogP contribution in [0, 0.1) is 0 Å². The summed E-state index contributed by atoms with van der Waals surface area (Å²) < 4.78 is 0. The van der Waals surface area contributed by atoms with Gasteiger partial charge in [0.2, 0.25) is 5.95 Å². The van der Waals surface area contributed by atoms with Crippen molar-refractivity contribution in [1.29, 1.82) is 0 Å². The number of halogens is 2. The van der Waals surface area contributed by atoms with Gasteiger partial charge in [0, 0.05) is 11.6 Å². The van der Waals surface area contributed by atoms with Crippen molar-refractivity contribution in [2.45, 2.75) is 0 Å². The first-order valence-electron chi connectivity index (χ1n) is 4.43. The zero-order valence-electron chi connectivity index (χ0n) is 8.35. The van der Waals surface area contributed by atoms with Crippen molar-refractivity contribution >= 4 is 35.0 Å². The summed E-state index contributed by atoms with van der Waals surface area (Å²) in [6.45, 7) is 0. The number of nitrogen functional groups attached to an aromatic ring is 2. The number of aromatic nitrogens is 3. The Morgan fingerprint density at radius 2 is 1.82 bits per heavy atom. The normalized spacial score (nSPS) is 10.5. The molecular formula is C9H7Cl2N5O. The summed E-state index contributed by atoms with van der Waals surface area (Å²) >= 11 is 11.8. The van der Waals surface area contributed by atoms with Crippen LogP contribution in [0.3, 0.4) is 0 Å². The minimum absolute atomic E-state index is 0.0476. The van der Waals surface area contributed by atoms with Gasteiger partial charge in [-0.3, -0.25) is 0 Å². The molecule has 17 heavy (non-hydrogen) atoms. The third-order valence-electron chi connectivity index (χ3n) is 2.00. The average molecular weight is 272 g/mol. The van der Waals surface area contributed by atoms with Gasteiger partial charge in [0.15, 0.2) is 5.82 Å². The molecule has 0 aliphatic carbocycles. The molecule has 0 saturated carbocycles. The van der Waals surface area contributed by atoms with Crippen molar-refractivity contribution in [2.75, 3.05) is 11.5 Å². The number of phenolic OH excluding ortho intramolecular Hbond substituents is 1. The third kappa shape index (κ3) is 2.17. The molecule has 88 valence electrons. The van der Waals surface area contributed by atoms with E-state index < -0.39 is 0 Å². The molecule has 0 amide bonds. The molecule has 1 aromatic carbocycles. The molecule has 1 heterocycles. The van der Waals surface area contributed by atoms with E-state index in [1.54, 1.807) is 0 Å². The van der Waals surface area contributed by atoms with Crippen LogP contribution < -0.4 is 11.5 Å². The van der Waals surface area contributed by atoms with E-state index in [1.807, 2.05) is 0 Å². The summed E-state index contributed by atoms with van der Waals surface area (Å²) in [6, 6.07) is 2.67. The van der Waals surface area contributed by atoms with Crippen molar-refractivity contribution in [1.82, 2.24) is 15.2 Å². The number of anilines is 2. The van der Waals surface area contributed by atoms with E-state index in [4.69, 9.17) is 34.7 Å². The number of benzene rings is 1. The van der Waals surface area contributed by atoms with Crippen molar-refractivity contribution < 1.29 is 5.11 Å². The first kappa shape index (κ1) is 11.7. The van der Waals surface area contributed by atoms with Crippen LogP contribution in [-0.2, 0) is 0 Å². The van der Waals surface area contributed by atoms with Crippen LogP contribution in [0.2, 0.25) is 10.0 Å². The lowest BCUT2D eigenvalue weighted by Crippen LogP contribution is -2.04. The number of nitrogens with two attached hydrogens (primary N) is 2. The summed E-state index contributed by atoms with van der Waals surface area (Å²) in [7, 11) is 0. The maximum atomic E-state index is 9.45. The molecule has 1 aromatic heterocycles. The lowest BCUT2D eigenvalue weighted by Gasteiger charge is -2.07. The van der Waals surface area contributed by atoms with Gasteiger partial charge in [0.05, 0.1) is 10.0 Å². The van der Waals surface area contributed by atoms with Gasteiger partial charge < -0.3 is 16.6 Å². The van der Waals surface area contributed by atoms with Gasteiger partial charge in [-0.15, -0.1) is 10.2 Å². The van der Waals surface area contributed by atoms with E-state index in [-0.39, 0.29) is 33.3 Å². The molecule has 0 fully saturated rings. The maximum Gasteiger partial charge on any atom is 0.242 e. The van der Waals surface area contributed by atoms with Crippen LogP contribution in [0.25, 0.3) is 11.3 Å². The molecule has 0 bridgehead atoms. The molecule has 0 atom stereocenters. The Labute approximate surface area is 106 Å². The van der Waals surface area contributed by atoms with E-state index in [1.165, 1.54) is 12.1 Å². The van der Waals surface area contributed by atoms with Crippen molar-refractivity contribution in [3.63, 3.8) is 0 Å². The summed E-state index contributed by atoms with van der Waals surface area (Å²) in [4.78, 5) is 3.75. The molecule has 0 aliphatic rings. The predicted octanol–water partition coefficient (Wildman–Crippen LogP) is 1.72. The molecule has 2 aromatic rings. The highest BCUT2D eigenvalue weighted by Crippen LogP contribution is 2.37. The van der Waals surface area contributed by atoms with E-state index in [9.17, 15) is 5.11 Å². The molecule has 0 radical (unpaired) electrons. The fourth-order valence-electron chi connectivity index (χ4n) is 1.29. The predicted molar refractivity (Wildman–Crippen MR) is 65.8 cm³/mol. The number of hydrogen-bond acceptors (Lipinski definition) is 6. The van der Waals surface area contributed by atoms with Gasteiger partial charge in [0.25, 0.3) is 0 Å². The van der Waals surface area contributed by atoms with Gasteiger partial charge in [-0.05, 0) is 6.07 Å². The third-order valence-corrected chi connectivity index (χ3v) is 2.80. The Kier molecular flexibility index (Phi) is 2.91. The molecule has 6 nitrogen and oxygen atoms in total. The van der Waals surface area contributed by atoms with Crippen molar-refractivity contribution in [3.8, 4) is 17.0 Å². The molecule has 0 saturated heterocycles. The van der Waals surface area contributed by atoms with Gasteiger partial charge in [-0.2, -0.15) is 4.98 Å². The summed E-state index contributed by atoms with van der Waals surface area (Å²) in [5, 5.41) is 17.2. The summed E-state index contributed by atoms with van der Waals surface area (Å²) in [6.07, 6.45) is 0. The van der Waals surface area contributed by atoms with Gasteiger partial charge in [-0.1, -0.05) is 23.2 Å². The first-order chi connectivity index (χ1) is 7.99. The molecule has 2 rings (SSSR count). The molecule has 0 spiro atoms. The average Bonchev–Trinajstić information content (AvgIpc) is 2.24. The Bertz CT molecular complexity index is 590. The topological polar surface area (TPSA) is 111 Å². The summed E-state index contributed by atoms with van der Waals surface area (Å²) in [5.41, 5.74) is 11.5. The molecule has 0 aliphatic heterocycles. The second-order valence-electron chi connectivity index (χ2n) is 3.19. The second-order valence-corrected chi connectivity index (χ2v) is 3.98. The number of phenols is 1. The Morgan fingerprint density at radius 1 is 1.12 bits per heavy atom. The largest absolute Gasteiger partial charge is 0.508 e. The zero-order chi connectivity index (χ0) is 12.6. The fourth-order valence-corrected chi connectivity index (χ4v) is 1.70. The van der Waals surface area contributed by atoms with Crippen LogP contribution in [0.5, 0.6) is 5.75 Å². The standard InChI is InChI=1S/C9H7Cl2N5O/c10-5-2-3(17)1-4(6(5)11)7-8(12)14-9(13)16-15-7/h1-2,17H,(H4,12,13,14,16). The van der Waals surface area contributed by atoms with E-state index in [2.05, 4.69) is 15.2 Å². The monoisotopic (exact) mass is 271 g/mol. The number of rotatable bonds is 1. The number of nitrogens with zero attached hydrogens (tertiary/aromatic N) is 3. The quantitative estimate of drug-likeness (QED) is 0.728. The van der Waals surface area contributed by atoms with Crippen molar-refractivity contribution in [3.05, 3.63) is 22.2 Å². The lowest BCUT2D eigenvalue weighted by atomic mass is 10.1. The van der Waals surface area contributed by atoms with Gasteiger partial charge >= 0.3 is 0 Å². The van der Waals surface area contributed by atoms with Crippen LogP contribution in [0.15, 0.2) is 12.1 Å². The second kappa shape index (κ2) is 4.23. The maximum absolute atomic E-state index is 9.45. The zero-order valence-corrected chi connectivity index (χ0v) is 9.87. The minimum Gasteiger partial charge on any atom is -0.508 e. The molecule has 5 N–H and O–H groups in total. The van der Waals surface area contributed by atoms with Crippen LogP contribution in [-0.4, -0.2) is 20.3 Å². The van der Waals surface area contributed by atoms with Gasteiger partial charge in [0.1, 0.15) is 11.4 Å². The van der Waals surface area contributed by atoms with Crippen LogP contribution in [0.1, 0.15) is 0 Å². The van der Waals surface area contributed by atoms with Crippen LogP contribution in [0.4, 0.5) is 11.8 Å². The van der Waals surface area contributed by atoms with E-state index in [0.717, 1.165) is 0 Å².